The van der Waals surface area contributed by atoms with Gasteiger partial charge < -0.3 is 20.1 Å². The maximum atomic E-state index is 12.2. The van der Waals surface area contributed by atoms with Gasteiger partial charge in [0, 0.05) is 13.1 Å². The lowest BCUT2D eigenvalue weighted by Crippen LogP contribution is -2.41. The second kappa shape index (κ2) is 11.1. The van der Waals surface area contributed by atoms with E-state index >= 15 is 0 Å². The van der Waals surface area contributed by atoms with Crippen molar-refractivity contribution in [3.05, 3.63) is 59.7 Å². The first-order valence-corrected chi connectivity index (χ1v) is 9.86. The molecule has 0 aliphatic carbocycles. The van der Waals surface area contributed by atoms with Gasteiger partial charge in [-0.2, -0.15) is 0 Å². The van der Waals surface area contributed by atoms with Crippen LogP contribution in [0, 0.1) is 6.92 Å². The molecule has 0 bridgehead atoms. The molecule has 6 nitrogen and oxygen atoms in total. The fraction of sp³-hybridized carbons (Fsp3) is 0.391. The number of benzene rings is 2. The molecule has 6 heteroatoms. The second-order valence-electron chi connectivity index (χ2n) is 7.20. The monoisotopic (exact) mass is 398 g/mol. The summed E-state index contributed by atoms with van der Waals surface area (Å²) >= 11 is 0. The summed E-state index contributed by atoms with van der Waals surface area (Å²) < 4.78 is 11.2. The molecule has 2 aromatic carbocycles. The van der Waals surface area contributed by atoms with Crippen LogP contribution < -0.4 is 20.1 Å². The Kier molecular flexibility index (Phi) is 8.52. The fourth-order valence-corrected chi connectivity index (χ4v) is 2.67. The van der Waals surface area contributed by atoms with E-state index in [1.807, 2.05) is 55.5 Å². The normalized spacial score (nSPS) is 11.6. The molecule has 0 aromatic heterocycles. The van der Waals surface area contributed by atoms with E-state index in [0.717, 1.165) is 11.1 Å². The van der Waals surface area contributed by atoms with Crippen molar-refractivity contribution in [1.29, 1.82) is 0 Å². The molecule has 0 radical (unpaired) electrons. The number of hydrogen-bond acceptors (Lipinski definition) is 4. The Bertz CT molecular complexity index is 803. The lowest BCUT2D eigenvalue weighted by Gasteiger charge is -2.18. The molecule has 1 atom stereocenters. The molecule has 1 unspecified atom stereocenters. The van der Waals surface area contributed by atoms with E-state index in [9.17, 15) is 9.59 Å². The van der Waals surface area contributed by atoms with Crippen LogP contribution in [0.1, 0.15) is 37.8 Å². The summed E-state index contributed by atoms with van der Waals surface area (Å²) in [4.78, 5) is 24.1. The highest BCUT2D eigenvalue weighted by molar-refractivity contribution is 5.81. The molecule has 2 rings (SSSR count). The van der Waals surface area contributed by atoms with Crippen LogP contribution in [0.15, 0.2) is 48.5 Å². The van der Waals surface area contributed by atoms with E-state index in [-0.39, 0.29) is 18.4 Å². The lowest BCUT2D eigenvalue weighted by atomic mass is 10.0. The minimum Gasteiger partial charge on any atom is -0.484 e. The summed E-state index contributed by atoms with van der Waals surface area (Å²) in [5, 5.41) is 5.48. The Morgan fingerprint density at radius 3 is 2.28 bits per heavy atom. The number of hydrogen-bond donors (Lipinski definition) is 2. The first kappa shape index (κ1) is 22.3. The van der Waals surface area contributed by atoms with Crippen LogP contribution in [-0.2, 0) is 9.59 Å². The van der Waals surface area contributed by atoms with Gasteiger partial charge in [-0.1, -0.05) is 49.7 Å². The average molecular weight is 399 g/mol. The van der Waals surface area contributed by atoms with Gasteiger partial charge in [0.1, 0.15) is 11.5 Å². The molecular formula is C23H30N2O4. The highest BCUT2D eigenvalue weighted by Crippen LogP contribution is 2.26. The third kappa shape index (κ3) is 7.49. The minimum absolute atomic E-state index is 0.0670. The predicted octanol–water partition coefficient (Wildman–Crippen LogP) is 3.20. The van der Waals surface area contributed by atoms with E-state index in [1.165, 1.54) is 0 Å². The third-order valence-electron chi connectivity index (χ3n) is 4.35. The number of nitrogens with one attached hydrogen (secondary N) is 2. The van der Waals surface area contributed by atoms with Gasteiger partial charge in [0.05, 0.1) is 0 Å². The Morgan fingerprint density at radius 2 is 1.59 bits per heavy atom. The number of amides is 2. The SMILES string of the molecule is Cc1ccc(OCC(=O)NCCNC(=O)C(C)Oc2ccccc2C(C)C)cc1. The van der Waals surface area contributed by atoms with Crippen molar-refractivity contribution in [2.45, 2.75) is 39.7 Å². The largest absolute Gasteiger partial charge is 0.484 e. The number of aryl methyl sites for hydroxylation is 1. The van der Waals surface area contributed by atoms with Crippen molar-refractivity contribution >= 4 is 11.8 Å². The standard InChI is InChI=1S/C23H30N2O4/c1-16(2)20-7-5-6-8-21(20)29-18(4)23(27)25-14-13-24-22(26)15-28-19-11-9-17(3)10-12-19/h5-12,16,18H,13-15H2,1-4H3,(H,24,26)(H,25,27). The van der Waals surface area contributed by atoms with E-state index in [0.29, 0.717) is 30.5 Å². The van der Waals surface area contributed by atoms with E-state index in [1.54, 1.807) is 6.92 Å². The summed E-state index contributed by atoms with van der Waals surface area (Å²) in [5.74, 6) is 1.20. The van der Waals surface area contributed by atoms with Gasteiger partial charge in [-0.05, 0) is 43.5 Å². The van der Waals surface area contributed by atoms with Gasteiger partial charge in [0.15, 0.2) is 12.7 Å². The molecule has 2 aromatic rings. The maximum Gasteiger partial charge on any atom is 0.260 e. The Balaban J connectivity index is 1.67. The topological polar surface area (TPSA) is 76.7 Å². The van der Waals surface area contributed by atoms with Crippen LogP contribution in [0.3, 0.4) is 0 Å². The highest BCUT2D eigenvalue weighted by atomic mass is 16.5. The molecule has 2 amide bonds. The van der Waals surface area contributed by atoms with Crippen LogP contribution in [0.5, 0.6) is 11.5 Å². The quantitative estimate of drug-likeness (QED) is 0.603. The molecule has 2 N–H and O–H groups in total. The lowest BCUT2D eigenvalue weighted by molar-refractivity contribution is -0.127. The van der Waals surface area contributed by atoms with Crippen LogP contribution in [-0.4, -0.2) is 37.6 Å². The molecule has 156 valence electrons. The Labute approximate surface area is 172 Å². The van der Waals surface area contributed by atoms with Gasteiger partial charge in [0.25, 0.3) is 11.8 Å². The molecule has 0 aliphatic heterocycles. The molecule has 29 heavy (non-hydrogen) atoms. The smallest absolute Gasteiger partial charge is 0.260 e. The highest BCUT2D eigenvalue weighted by Gasteiger charge is 2.16. The third-order valence-corrected chi connectivity index (χ3v) is 4.35. The molecule has 0 heterocycles. The summed E-state index contributed by atoms with van der Waals surface area (Å²) in [6.45, 7) is 8.42. The molecule has 0 aliphatic rings. The van der Waals surface area contributed by atoms with Crippen LogP contribution >= 0.6 is 0 Å². The second-order valence-corrected chi connectivity index (χ2v) is 7.20. The summed E-state index contributed by atoms with van der Waals surface area (Å²) in [6.07, 6.45) is -0.629. The van der Waals surface area contributed by atoms with Crippen LogP contribution in [0.4, 0.5) is 0 Å². The summed E-state index contributed by atoms with van der Waals surface area (Å²) in [5.41, 5.74) is 2.19. The maximum absolute atomic E-state index is 12.2. The van der Waals surface area contributed by atoms with Crippen molar-refractivity contribution in [2.24, 2.45) is 0 Å². The van der Waals surface area contributed by atoms with Crippen molar-refractivity contribution in [3.63, 3.8) is 0 Å². The van der Waals surface area contributed by atoms with E-state index in [2.05, 4.69) is 24.5 Å². The Morgan fingerprint density at radius 1 is 0.931 bits per heavy atom. The number of rotatable bonds is 10. The zero-order valence-electron chi connectivity index (χ0n) is 17.5. The fourth-order valence-electron chi connectivity index (χ4n) is 2.67. The van der Waals surface area contributed by atoms with Crippen molar-refractivity contribution in [1.82, 2.24) is 10.6 Å². The van der Waals surface area contributed by atoms with Crippen molar-refractivity contribution < 1.29 is 19.1 Å². The minimum atomic E-state index is -0.629. The molecular weight excluding hydrogens is 368 g/mol. The first-order chi connectivity index (χ1) is 13.9. The van der Waals surface area contributed by atoms with E-state index in [4.69, 9.17) is 9.47 Å². The predicted molar refractivity (Wildman–Crippen MR) is 113 cm³/mol. The van der Waals surface area contributed by atoms with E-state index < -0.39 is 6.10 Å². The van der Waals surface area contributed by atoms with Gasteiger partial charge in [-0.25, -0.2) is 0 Å². The van der Waals surface area contributed by atoms with Crippen molar-refractivity contribution in [2.75, 3.05) is 19.7 Å². The van der Waals surface area contributed by atoms with Gasteiger partial charge in [-0.3, -0.25) is 9.59 Å². The summed E-state index contributed by atoms with van der Waals surface area (Å²) in [6, 6.07) is 15.2. The average Bonchev–Trinajstić information content (AvgIpc) is 2.70. The zero-order valence-corrected chi connectivity index (χ0v) is 17.5. The number of carbonyl (C=O) groups excluding carboxylic acids is 2. The number of para-hydroxylation sites is 1. The molecule has 0 saturated heterocycles. The number of carbonyl (C=O) groups is 2. The summed E-state index contributed by atoms with van der Waals surface area (Å²) in [7, 11) is 0. The number of ether oxygens (including phenoxy) is 2. The molecule has 0 spiro atoms. The van der Waals surface area contributed by atoms with Crippen LogP contribution in [0.25, 0.3) is 0 Å². The molecule has 0 saturated carbocycles. The Hall–Kier alpha value is -3.02. The van der Waals surface area contributed by atoms with Gasteiger partial charge in [-0.15, -0.1) is 0 Å². The van der Waals surface area contributed by atoms with Gasteiger partial charge in [0.2, 0.25) is 0 Å². The van der Waals surface area contributed by atoms with Gasteiger partial charge >= 0.3 is 0 Å². The van der Waals surface area contributed by atoms with Crippen LogP contribution in [0.2, 0.25) is 0 Å². The molecule has 0 fully saturated rings. The van der Waals surface area contributed by atoms with Crippen molar-refractivity contribution in [3.8, 4) is 11.5 Å². The first-order valence-electron chi connectivity index (χ1n) is 9.86. The zero-order chi connectivity index (χ0) is 21.2.